The van der Waals surface area contributed by atoms with Gasteiger partial charge in [0.1, 0.15) is 10.8 Å². The van der Waals surface area contributed by atoms with Crippen molar-refractivity contribution in [3.05, 3.63) is 58.1 Å². The van der Waals surface area contributed by atoms with Gasteiger partial charge >= 0.3 is 6.16 Å². The molecular formula is C22H30FNO3S. The third-order valence-corrected chi connectivity index (χ3v) is 5.75. The summed E-state index contributed by atoms with van der Waals surface area (Å²) in [4.78, 5) is 13.4. The van der Waals surface area contributed by atoms with Crippen LogP contribution < -0.4 is 0 Å². The van der Waals surface area contributed by atoms with Gasteiger partial charge in [0.05, 0.1) is 0 Å². The lowest BCUT2D eigenvalue weighted by atomic mass is 9.92. The molecule has 1 aliphatic heterocycles. The molecule has 0 fully saturated rings. The van der Waals surface area contributed by atoms with Gasteiger partial charge in [0.25, 0.3) is 0 Å². The maximum atomic E-state index is 13.0. The molecule has 1 aliphatic rings. The molecule has 0 amide bonds. The number of carboxylic acid groups (broad SMARTS) is 1. The summed E-state index contributed by atoms with van der Waals surface area (Å²) in [6.07, 6.45) is 3.50. The van der Waals surface area contributed by atoms with Crippen LogP contribution in [0.2, 0.25) is 0 Å². The highest BCUT2D eigenvalue weighted by atomic mass is 32.2. The second kappa shape index (κ2) is 10.0. The Hall–Kier alpha value is -1.95. The molecule has 28 heavy (non-hydrogen) atoms. The molecule has 0 aromatic heterocycles. The van der Waals surface area contributed by atoms with Crippen molar-refractivity contribution in [3.8, 4) is 0 Å². The van der Waals surface area contributed by atoms with Crippen molar-refractivity contribution in [2.45, 2.75) is 47.0 Å². The number of thioether (sulfide) groups is 1. The van der Waals surface area contributed by atoms with E-state index in [1.807, 2.05) is 13.0 Å². The minimum absolute atomic E-state index is 0.197. The van der Waals surface area contributed by atoms with Crippen molar-refractivity contribution in [3.63, 3.8) is 0 Å². The molecule has 0 saturated heterocycles. The summed E-state index contributed by atoms with van der Waals surface area (Å²) in [5.74, 6) is 1.05. The molecular weight excluding hydrogens is 377 g/mol. The van der Waals surface area contributed by atoms with Crippen LogP contribution in [0.3, 0.4) is 0 Å². The van der Waals surface area contributed by atoms with Crippen LogP contribution >= 0.6 is 11.8 Å². The number of allylic oxidation sites excluding steroid dienone is 1. The van der Waals surface area contributed by atoms with Gasteiger partial charge in [0.15, 0.2) is 5.76 Å². The summed E-state index contributed by atoms with van der Waals surface area (Å²) in [7, 11) is 0. The van der Waals surface area contributed by atoms with Crippen molar-refractivity contribution in [2.24, 2.45) is 5.41 Å². The van der Waals surface area contributed by atoms with Gasteiger partial charge in [-0.05, 0) is 60.6 Å². The van der Waals surface area contributed by atoms with E-state index in [9.17, 15) is 9.18 Å². The predicted octanol–water partition coefficient (Wildman–Crippen LogP) is 6.05. The lowest BCUT2D eigenvalue weighted by Crippen LogP contribution is -2.30. The number of aryl methyl sites for hydroxylation is 1. The first-order valence-corrected chi connectivity index (χ1v) is 10.6. The molecule has 4 nitrogen and oxygen atoms in total. The van der Waals surface area contributed by atoms with Crippen LogP contribution in [0.4, 0.5) is 9.18 Å². The molecule has 0 radical (unpaired) electrons. The van der Waals surface area contributed by atoms with Gasteiger partial charge in [-0.2, -0.15) is 0 Å². The van der Waals surface area contributed by atoms with Crippen LogP contribution in [-0.2, 0) is 11.2 Å². The molecule has 0 bridgehead atoms. The number of hydrogen-bond acceptors (Lipinski definition) is 4. The Bertz CT molecular complexity index is 735. The molecule has 0 spiro atoms. The summed E-state index contributed by atoms with van der Waals surface area (Å²) >= 11 is 1.63. The third kappa shape index (κ3) is 7.23. The Morgan fingerprint density at radius 3 is 2.57 bits per heavy atom. The van der Waals surface area contributed by atoms with Crippen molar-refractivity contribution < 1.29 is 19.0 Å². The van der Waals surface area contributed by atoms with E-state index in [1.165, 1.54) is 12.1 Å². The van der Waals surface area contributed by atoms with Crippen molar-refractivity contribution >= 4 is 17.9 Å². The number of benzene rings is 1. The quantitative estimate of drug-likeness (QED) is 0.420. The summed E-state index contributed by atoms with van der Waals surface area (Å²) in [6.45, 7) is 10.1. The molecule has 6 heteroatoms. The van der Waals surface area contributed by atoms with Crippen LogP contribution in [0.15, 0.2) is 46.7 Å². The zero-order chi connectivity index (χ0) is 20.7. The second-order valence-electron chi connectivity index (χ2n) is 8.22. The number of hydrogen-bond donors (Lipinski definition) is 1. The Morgan fingerprint density at radius 2 is 1.96 bits per heavy atom. The molecule has 1 N–H and O–H groups in total. The average molecular weight is 408 g/mol. The first-order chi connectivity index (χ1) is 13.2. The second-order valence-corrected chi connectivity index (χ2v) is 9.31. The highest BCUT2D eigenvalue weighted by Gasteiger charge is 2.25. The first-order valence-electron chi connectivity index (χ1n) is 9.60. The highest BCUT2D eigenvalue weighted by Crippen LogP contribution is 2.34. The van der Waals surface area contributed by atoms with Gasteiger partial charge in [-0.1, -0.05) is 39.0 Å². The van der Waals surface area contributed by atoms with Crippen LogP contribution in [0.25, 0.3) is 0 Å². The monoisotopic (exact) mass is 407 g/mol. The van der Waals surface area contributed by atoms with E-state index in [2.05, 4.69) is 25.7 Å². The maximum absolute atomic E-state index is 13.0. The average Bonchev–Trinajstić information content (AvgIpc) is 2.60. The maximum Gasteiger partial charge on any atom is 0.511 e. The molecule has 1 heterocycles. The lowest BCUT2D eigenvalue weighted by molar-refractivity contribution is 0.117. The van der Waals surface area contributed by atoms with Crippen LogP contribution in [0, 0.1) is 11.2 Å². The molecule has 2 rings (SSSR count). The van der Waals surface area contributed by atoms with Crippen LogP contribution in [-0.4, -0.2) is 35.0 Å². The minimum atomic E-state index is -1.29. The third-order valence-electron chi connectivity index (χ3n) is 4.54. The summed E-state index contributed by atoms with van der Waals surface area (Å²) in [5, 5.41) is 10.0. The van der Waals surface area contributed by atoms with Crippen molar-refractivity contribution in [1.29, 1.82) is 0 Å². The highest BCUT2D eigenvalue weighted by molar-refractivity contribution is 8.03. The number of carbonyl (C=O) groups is 1. The van der Waals surface area contributed by atoms with Crippen molar-refractivity contribution in [1.82, 2.24) is 4.90 Å². The molecule has 1 aromatic carbocycles. The Kier molecular flexibility index (Phi) is 7.98. The van der Waals surface area contributed by atoms with Gasteiger partial charge < -0.3 is 14.7 Å². The van der Waals surface area contributed by atoms with E-state index in [1.54, 1.807) is 23.9 Å². The van der Waals surface area contributed by atoms with Crippen molar-refractivity contribution in [2.75, 3.05) is 18.8 Å². The smallest absolute Gasteiger partial charge is 0.449 e. The zero-order valence-corrected chi connectivity index (χ0v) is 17.9. The fourth-order valence-corrected chi connectivity index (χ4v) is 4.03. The molecule has 0 saturated carbocycles. The number of ether oxygens (including phenoxy) is 1. The lowest BCUT2D eigenvalue weighted by Gasteiger charge is -2.33. The van der Waals surface area contributed by atoms with Gasteiger partial charge in [-0.25, -0.2) is 9.18 Å². The Labute approximate surface area is 171 Å². The normalized spacial score (nSPS) is 14.9. The molecule has 0 aliphatic carbocycles. The summed E-state index contributed by atoms with van der Waals surface area (Å²) < 4.78 is 18.1. The van der Waals surface area contributed by atoms with E-state index in [0.717, 1.165) is 54.3 Å². The van der Waals surface area contributed by atoms with Crippen LogP contribution in [0.5, 0.6) is 0 Å². The fraction of sp³-hybridized carbons (Fsp3) is 0.500. The fourth-order valence-electron chi connectivity index (χ4n) is 2.86. The molecule has 0 unspecified atom stereocenters. The van der Waals surface area contributed by atoms with Crippen LogP contribution in [0.1, 0.15) is 46.1 Å². The standard InChI is InChI=1S/C22H30FNO3S/c1-16-11-13-24(14-12-22(2,3)4)20(19(16)27-21(25)26)28-15-5-6-17-7-9-18(23)10-8-17/h7-11H,5-6,12-15H2,1-4H3,(H,25,26). The number of halogens is 1. The molecule has 0 atom stereocenters. The molecule has 154 valence electrons. The SMILES string of the molecule is CC1=CCN(CCC(C)(C)C)C(SCCCc2ccc(F)cc2)=C1OC(=O)O. The topological polar surface area (TPSA) is 49.8 Å². The number of rotatable bonds is 8. The van der Waals surface area contributed by atoms with E-state index >= 15 is 0 Å². The van der Waals surface area contributed by atoms with Gasteiger partial charge in [-0.3, -0.25) is 0 Å². The first kappa shape index (κ1) is 22.3. The van der Waals surface area contributed by atoms with E-state index < -0.39 is 6.16 Å². The van der Waals surface area contributed by atoms with Gasteiger partial charge in [0.2, 0.25) is 0 Å². The van der Waals surface area contributed by atoms with E-state index in [0.29, 0.717) is 5.76 Å². The zero-order valence-electron chi connectivity index (χ0n) is 17.1. The Balaban J connectivity index is 2.05. The number of nitrogens with zero attached hydrogens (tertiary/aromatic N) is 1. The Morgan fingerprint density at radius 1 is 1.29 bits per heavy atom. The largest absolute Gasteiger partial charge is 0.511 e. The van der Waals surface area contributed by atoms with E-state index in [4.69, 9.17) is 9.84 Å². The molecule has 1 aromatic rings. The van der Waals surface area contributed by atoms with Gasteiger partial charge in [0, 0.05) is 13.1 Å². The minimum Gasteiger partial charge on any atom is -0.449 e. The summed E-state index contributed by atoms with van der Waals surface area (Å²) in [5.41, 5.74) is 2.15. The summed E-state index contributed by atoms with van der Waals surface area (Å²) in [6, 6.07) is 6.57. The predicted molar refractivity (Wildman–Crippen MR) is 113 cm³/mol. The van der Waals surface area contributed by atoms with Gasteiger partial charge in [-0.15, -0.1) is 11.8 Å². The van der Waals surface area contributed by atoms with E-state index in [-0.39, 0.29) is 11.2 Å².